The number of nitrogens with zero attached hydrogens (tertiary/aromatic N) is 3. The van der Waals surface area contributed by atoms with E-state index in [1.807, 2.05) is 12.1 Å². The Morgan fingerprint density at radius 3 is 2.32 bits per heavy atom. The Morgan fingerprint density at radius 2 is 1.75 bits per heavy atom. The number of nitrogens with one attached hydrogen (secondary N) is 1. The van der Waals surface area contributed by atoms with Gasteiger partial charge in [0.15, 0.2) is 9.84 Å². The first-order valence-corrected chi connectivity index (χ1v) is 10.3. The van der Waals surface area contributed by atoms with Gasteiger partial charge in [0.2, 0.25) is 5.95 Å². The summed E-state index contributed by atoms with van der Waals surface area (Å²) in [6, 6.07) is 10.1. The van der Waals surface area contributed by atoms with Crippen LogP contribution in [0.15, 0.2) is 47.5 Å². The highest BCUT2D eigenvalue weighted by Crippen LogP contribution is 2.25. The molecule has 0 bridgehead atoms. The smallest absolute Gasteiger partial charge is 0.220 e. The van der Waals surface area contributed by atoms with E-state index in [9.17, 15) is 8.42 Å². The number of benzene rings is 1. The maximum atomic E-state index is 11.7. The number of aryl methyl sites for hydroxylation is 1. The van der Waals surface area contributed by atoms with Gasteiger partial charge in [0.05, 0.1) is 21.8 Å². The summed E-state index contributed by atoms with van der Waals surface area (Å²) in [4.78, 5) is 13.0. The summed E-state index contributed by atoms with van der Waals surface area (Å²) in [7, 11) is -1.48. The third-order valence-electron chi connectivity index (χ3n) is 4.01. The highest BCUT2D eigenvalue weighted by molar-refractivity contribution is 7.90. The molecule has 7 nitrogen and oxygen atoms in total. The van der Waals surface area contributed by atoms with Crippen molar-refractivity contribution < 1.29 is 8.42 Å². The van der Waals surface area contributed by atoms with Crippen molar-refractivity contribution in [1.29, 1.82) is 0 Å². The van der Waals surface area contributed by atoms with E-state index < -0.39 is 9.84 Å². The molecule has 2 heterocycles. The van der Waals surface area contributed by atoms with Crippen molar-refractivity contribution in [2.45, 2.75) is 11.8 Å². The van der Waals surface area contributed by atoms with Gasteiger partial charge in [-0.05, 0) is 31.2 Å². The Morgan fingerprint density at radius 1 is 1.04 bits per heavy atom. The second kappa shape index (κ2) is 7.66. The van der Waals surface area contributed by atoms with Gasteiger partial charge in [-0.15, -0.1) is 0 Å². The van der Waals surface area contributed by atoms with Gasteiger partial charge in [0.25, 0.3) is 0 Å². The molecule has 0 aliphatic carbocycles. The van der Waals surface area contributed by atoms with Crippen molar-refractivity contribution in [2.24, 2.45) is 0 Å². The van der Waals surface area contributed by atoms with E-state index in [4.69, 9.17) is 5.73 Å². The van der Waals surface area contributed by atoms with Gasteiger partial charge in [0.1, 0.15) is 5.82 Å². The van der Waals surface area contributed by atoms with Crippen LogP contribution in [0, 0.1) is 18.8 Å². The molecule has 8 heteroatoms. The average molecular weight is 393 g/mol. The van der Waals surface area contributed by atoms with E-state index in [1.54, 1.807) is 32.3 Å². The van der Waals surface area contributed by atoms with E-state index in [-0.39, 0.29) is 10.8 Å². The normalized spacial score (nSPS) is 10.8. The lowest BCUT2D eigenvalue weighted by molar-refractivity contribution is 0.602. The second-order valence-electron chi connectivity index (χ2n) is 6.12. The lowest BCUT2D eigenvalue weighted by Crippen LogP contribution is -2.03. The fourth-order valence-corrected chi connectivity index (χ4v) is 3.19. The molecule has 2 aromatic heterocycles. The van der Waals surface area contributed by atoms with Gasteiger partial charge in [-0.25, -0.2) is 23.4 Å². The summed E-state index contributed by atoms with van der Waals surface area (Å²) in [6.07, 6.45) is 2.84. The van der Waals surface area contributed by atoms with Crippen LogP contribution in [-0.4, -0.2) is 36.7 Å². The minimum atomic E-state index is -3.28. The number of nitrogen functional groups attached to an aromatic ring is 1. The van der Waals surface area contributed by atoms with Crippen molar-refractivity contribution >= 4 is 21.6 Å². The molecule has 0 spiro atoms. The quantitative estimate of drug-likeness (QED) is 0.657. The number of rotatable bonds is 3. The molecule has 0 fully saturated rings. The van der Waals surface area contributed by atoms with E-state index in [0.717, 1.165) is 11.4 Å². The standard InChI is InChI=1S/C20H19N5O2S/c1-13-17(10-4-14-5-11-18(22-2)23-12-14)19(25-20(21)24-13)15-6-8-16(9-7-15)28(3,26)27/h5-9,11-12H,1-3H3,(H,22,23)(H2,21,24,25). The molecule has 0 atom stereocenters. The van der Waals surface area contributed by atoms with Crippen LogP contribution in [0.25, 0.3) is 11.3 Å². The minimum Gasteiger partial charge on any atom is -0.373 e. The molecule has 0 amide bonds. The van der Waals surface area contributed by atoms with Crippen LogP contribution < -0.4 is 11.1 Å². The zero-order valence-electron chi connectivity index (χ0n) is 15.7. The summed E-state index contributed by atoms with van der Waals surface area (Å²) in [5.41, 5.74) is 9.09. The Kier molecular flexibility index (Phi) is 5.29. The molecular formula is C20H19N5O2S. The Bertz CT molecular complexity index is 1180. The monoisotopic (exact) mass is 393 g/mol. The van der Waals surface area contributed by atoms with E-state index in [1.165, 1.54) is 18.4 Å². The molecule has 1 aromatic carbocycles. The second-order valence-corrected chi connectivity index (χ2v) is 8.14. The highest BCUT2D eigenvalue weighted by atomic mass is 32.2. The first-order valence-electron chi connectivity index (χ1n) is 8.38. The molecule has 3 N–H and O–H groups in total. The van der Waals surface area contributed by atoms with E-state index in [2.05, 4.69) is 32.1 Å². The number of sulfone groups is 1. The molecule has 28 heavy (non-hydrogen) atoms. The van der Waals surface area contributed by atoms with Gasteiger partial charge in [0, 0.05) is 30.6 Å². The fourth-order valence-electron chi connectivity index (χ4n) is 2.56. The molecule has 0 radical (unpaired) electrons. The third kappa shape index (κ3) is 4.27. The number of pyridine rings is 1. The molecular weight excluding hydrogens is 374 g/mol. The van der Waals surface area contributed by atoms with Crippen molar-refractivity contribution in [3.8, 4) is 23.1 Å². The summed E-state index contributed by atoms with van der Waals surface area (Å²) in [5.74, 6) is 7.04. The highest BCUT2D eigenvalue weighted by Gasteiger charge is 2.13. The predicted molar refractivity (Wildman–Crippen MR) is 109 cm³/mol. The Hall–Kier alpha value is -3.44. The van der Waals surface area contributed by atoms with Crippen LogP contribution in [0.3, 0.4) is 0 Å². The molecule has 0 unspecified atom stereocenters. The van der Waals surface area contributed by atoms with Gasteiger partial charge in [-0.1, -0.05) is 24.0 Å². The molecule has 3 rings (SSSR count). The zero-order chi connectivity index (χ0) is 20.3. The van der Waals surface area contributed by atoms with E-state index in [0.29, 0.717) is 22.5 Å². The van der Waals surface area contributed by atoms with Gasteiger partial charge in [-0.2, -0.15) is 0 Å². The van der Waals surface area contributed by atoms with Crippen molar-refractivity contribution in [3.05, 3.63) is 59.4 Å². The topological polar surface area (TPSA) is 111 Å². The zero-order valence-corrected chi connectivity index (χ0v) is 16.5. The van der Waals surface area contributed by atoms with Crippen LogP contribution in [0.2, 0.25) is 0 Å². The fraction of sp³-hybridized carbons (Fsp3) is 0.150. The minimum absolute atomic E-state index is 0.130. The SMILES string of the molecule is CNc1ccc(C#Cc2c(C)nc(N)nc2-c2ccc(S(C)(=O)=O)cc2)cn1. The lowest BCUT2D eigenvalue weighted by atomic mass is 10.0. The average Bonchev–Trinajstić information content (AvgIpc) is 2.66. The van der Waals surface area contributed by atoms with Crippen LogP contribution >= 0.6 is 0 Å². The summed E-state index contributed by atoms with van der Waals surface area (Å²) < 4.78 is 23.4. The number of anilines is 2. The number of hydrogen-bond donors (Lipinski definition) is 2. The van der Waals surface area contributed by atoms with Crippen LogP contribution in [0.4, 0.5) is 11.8 Å². The maximum Gasteiger partial charge on any atom is 0.220 e. The largest absolute Gasteiger partial charge is 0.373 e. The summed E-state index contributed by atoms with van der Waals surface area (Å²) >= 11 is 0. The van der Waals surface area contributed by atoms with Crippen molar-refractivity contribution in [2.75, 3.05) is 24.4 Å². The number of hydrogen-bond acceptors (Lipinski definition) is 7. The maximum absolute atomic E-state index is 11.7. The predicted octanol–water partition coefficient (Wildman–Crippen LogP) is 2.27. The van der Waals surface area contributed by atoms with Crippen molar-refractivity contribution in [1.82, 2.24) is 15.0 Å². The molecule has 142 valence electrons. The molecule has 0 aliphatic heterocycles. The summed E-state index contributed by atoms with van der Waals surface area (Å²) in [6.45, 7) is 1.80. The number of aromatic nitrogens is 3. The molecule has 0 saturated heterocycles. The van der Waals surface area contributed by atoms with Gasteiger partial charge >= 0.3 is 0 Å². The Labute approximate surface area is 164 Å². The number of nitrogens with two attached hydrogens (primary N) is 1. The third-order valence-corrected chi connectivity index (χ3v) is 5.14. The molecule has 0 saturated carbocycles. The van der Waals surface area contributed by atoms with Crippen LogP contribution in [0.5, 0.6) is 0 Å². The van der Waals surface area contributed by atoms with E-state index >= 15 is 0 Å². The van der Waals surface area contributed by atoms with Gasteiger partial charge < -0.3 is 11.1 Å². The van der Waals surface area contributed by atoms with Crippen LogP contribution in [0.1, 0.15) is 16.8 Å². The molecule has 3 aromatic rings. The molecule has 0 aliphatic rings. The first kappa shape index (κ1) is 19.3. The first-order chi connectivity index (χ1) is 13.3. The van der Waals surface area contributed by atoms with Crippen molar-refractivity contribution in [3.63, 3.8) is 0 Å². The summed E-state index contributed by atoms with van der Waals surface area (Å²) in [5, 5.41) is 2.95. The van der Waals surface area contributed by atoms with Crippen LogP contribution in [-0.2, 0) is 9.84 Å². The lowest BCUT2D eigenvalue weighted by Gasteiger charge is -2.08. The Balaban J connectivity index is 2.07. The van der Waals surface area contributed by atoms with Gasteiger partial charge in [-0.3, -0.25) is 0 Å².